The Balaban J connectivity index is 2.60. The van der Waals surface area contributed by atoms with Crippen molar-refractivity contribution in [3.63, 3.8) is 0 Å². The maximum atomic E-state index is 11.9. The van der Waals surface area contributed by atoms with Gasteiger partial charge in [-0.05, 0) is 22.4 Å². The molecule has 2 N–H and O–H groups in total. The zero-order valence-electron chi connectivity index (χ0n) is 9.88. The first-order valence-corrected chi connectivity index (χ1v) is 6.25. The molecule has 18 heavy (non-hydrogen) atoms. The van der Waals surface area contributed by atoms with Gasteiger partial charge in [0.05, 0.1) is 29.0 Å². The van der Waals surface area contributed by atoms with Gasteiger partial charge in [0.1, 0.15) is 6.61 Å². The normalized spacial score (nSPS) is 13.9. The highest BCUT2D eigenvalue weighted by Gasteiger charge is 2.28. The van der Waals surface area contributed by atoms with Crippen LogP contribution in [0.4, 0.5) is 13.2 Å². The smallest absolute Gasteiger partial charge is 0.370 e. The van der Waals surface area contributed by atoms with Gasteiger partial charge in [-0.25, -0.2) is 0 Å². The van der Waals surface area contributed by atoms with E-state index in [1.165, 1.54) is 0 Å². The van der Waals surface area contributed by atoms with Crippen LogP contribution in [-0.2, 0) is 11.3 Å². The third-order valence-electron chi connectivity index (χ3n) is 2.18. The van der Waals surface area contributed by atoms with Gasteiger partial charge in [0.15, 0.2) is 0 Å². The first-order chi connectivity index (χ1) is 8.35. The minimum absolute atomic E-state index is 0.201. The molecule has 0 spiro atoms. The summed E-state index contributed by atoms with van der Waals surface area (Å²) < 4.78 is 42.7. The second-order valence-corrected chi connectivity index (χ2v) is 4.69. The summed E-state index contributed by atoms with van der Waals surface area (Å²) in [5.41, 5.74) is 6.47. The van der Waals surface area contributed by atoms with Crippen molar-refractivity contribution in [1.82, 2.24) is 9.78 Å². The lowest BCUT2D eigenvalue weighted by Crippen LogP contribution is -2.25. The van der Waals surface area contributed by atoms with E-state index in [0.29, 0.717) is 16.7 Å². The van der Waals surface area contributed by atoms with Gasteiger partial charge in [0.25, 0.3) is 0 Å². The Morgan fingerprint density at radius 1 is 1.56 bits per heavy atom. The van der Waals surface area contributed by atoms with Gasteiger partial charge in [-0.15, -0.1) is 0 Å². The highest BCUT2D eigenvalue weighted by molar-refractivity contribution is 9.10. The van der Waals surface area contributed by atoms with Crippen LogP contribution in [-0.4, -0.2) is 29.2 Å². The van der Waals surface area contributed by atoms with Gasteiger partial charge >= 0.3 is 6.18 Å². The number of nitrogens with zero attached hydrogens (tertiary/aromatic N) is 2. The molecule has 0 saturated heterocycles. The van der Waals surface area contributed by atoms with Crippen LogP contribution in [0.2, 0.25) is 0 Å². The average molecular weight is 330 g/mol. The highest BCUT2D eigenvalue weighted by Crippen LogP contribution is 2.23. The molecule has 1 atom stereocenters. The lowest BCUT2D eigenvalue weighted by Gasteiger charge is -2.15. The van der Waals surface area contributed by atoms with E-state index in [1.54, 1.807) is 10.9 Å². The molecule has 0 aliphatic carbocycles. The minimum atomic E-state index is -4.33. The molecule has 0 saturated carbocycles. The lowest BCUT2D eigenvalue weighted by molar-refractivity contribution is -0.175. The molecule has 8 heteroatoms. The maximum Gasteiger partial charge on any atom is 0.411 e. The molecule has 1 aromatic heterocycles. The molecule has 0 amide bonds. The third kappa shape index (κ3) is 4.58. The second kappa shape index (κ2) is 6.53. The lowest BCUT2D eigenvalue weighted by atomic mass is 10.2. The fourth-order valence-corrected chi connectivity index (χ4v) is 2.10. The molecule has 0 fully saturated rings. The van der Waals surface area contributed by atoms with E-state index in [4.69, 9.17) is 5.73 Å². The Morgan fingerprint density at radius 3 is 2.78 bits per heavy atom. The van der Waals surface area contributed by atoms with Crippen molar-refractivity contribution < 1.29 is 17.9 Å². The summed E-state index contributed by atoms with van der Waals surface area (Å²) in [6, 6.07) is -0.643. The summed E-state index contributed by atoms with van der Waals surface area (Å²) in [6.07, 6.45) is -1.90. The van der Waals surface area contributed by atoms with Crippen molar-refractivity contribution in [3.05, 3.63) is 16.4 Å². The van der Waals surface area contributed by atoms with Gasteiger partial charge in [0, 0.05) is 6.54 Å². The van der Waals surface area contributed by atoms with Crippen LogP contribution in [0.1, 0.15) is 25.1 Å². The molecule has 1 unspecified atom stereocenters. The quantitative estimate of drug-likeness (QED) is 0.872. The third-order valence-corrected chi connectivity index (χ3v) is 2.79. The fourth-order valence-electron chi connectivity index (χ4n) is 1.51. The van der Waals surface area contributed by atoms with Gasteiger partial charge in [-0.2, -0.15) is 18.3 Å². The van der Waals surface area contributed by atoms with Crippen LogP contribution < -0.4 is 5.73 Å². The molecular weight excluding hydrogens is 315 g/mol. The van der Waals surface area contributed by atoms with Crippen molar-refractivity contribution in [3.8, 4) is 0 Å². The molecule has 0 radical (unpaired) electrons. The number of hydrogen-bond donors (Lipinski definition) is 1. The Labute approximate surface area is 111 Å². The summed E-state index contributed by atoms with van der Waals surface area (Å²) in [5, 5.41) is 4.10. The average Bonchev–Trinajstić information content (AvgIpc) is 2.58. The van der Waals surface area contributed by atoms with E-state index in [-0.39, 0.29) is 6.61 Å². The molecular formula is C10H15BrF3N3O. The number of hydrogen-bond acceptors (Lipinski definition) is 3. The number of nitrogens with two attached hydrogens (primary N) is 1. The predicted octanol–water partition coefficient (Wildman–Crippen LogP) is 2.63. The highest BCUT2D eigenvalue weighted by atomic mass is 79.9. The Kier molecular flexibility index (Phi) is 5.61. The minimum Gasteiger partial charge on any atom is -0.370 e. The topological polar surface area (TPSA) is 53.1 Å². The first-order valence-electron chi connectivity index (χ1n) is 5.46. The van der Waals surface area contributed by atoms with E-state index in [1.807, 2.05) is 6.92 Å². The number of alkyl halides is 3. The van der Waals surface area contributed by atoms with Crippen molar-refractivity contribution in [1.29, 1.82) is 0 Å². The zero-order valence-corrected chi connectivity index (χ0v) is 11.5. The zero-order chi connectivity index (χ0) is 13.8. The van der Waals surface area contributed by atoms with Crippen LogP contribution in [0.25, 0.3) is 0 Å². The van der Waals surface area contributed by atoms with Crippen molar-refractivity contribution >= 4 is 15.9 Å². The fraction of sp³-hybridized carbons (Fsp3) is 0.700. The maximum absolute atomic E-state index is 11.9. The Morgan fingerprint density at radius 2 is 2.22 bits per heavy atom. The van der Waals surface area contributed by atoms with Crippen molar-refractivity contribution in [2.75, 3.05) is 13.2 Å². The van der Waals surface area contributed by atoms with Gasteiger partial charge in [0.2, 0.25) is 0 Å². The molecule has 104 valence electrons. The molecule has 0 aliphatic heterocycles. The summed E-state index contributed by atoms with van der Waals surface area (Å²) in [7, 11) is 0. The van der Waals surface area contributed by atoms with Crippen LogP contribution >= 0.6 is 15.9 Å². The molecule has 1 aromatic rings. The standard InChI is InChI=1S/C10H15BrF3N3O/c1-2-3-17-9(7(11)4-16-17)8(15)5-18-6-10(12,13)14/h4,8H,2-3,5-6,15H2,1H3. The number of aryl methyl sites for hydroxylation is 1. The number of ether oxygens (including phenoxy) is 1. The SMILES string of the molecule is CCCn1ncc(Br)c1C(N)COCC(F)(F)F. The molecule has 0 aromatic carbocycles. The monoisotopic (exact) mass is 329 g/mol. The van der Waals surface area contributed by atoms with Crippen molar-refractivity contribution in [2.45, 2.75) is 32.1 Å². The van der Waals surface area contributed by atoms with Crippen molar-refractivity contribution in [2.24, 2.45) is 5.73 Å². The van der Waals surface area contributed by atoms with E-state index >= 15 is 0 Å². The predicted molar refractivity (Wildman–Crippen MR) is 64.0 cm³/mol. The summed E-state index contributed by atoms with van der Waals surface area (Å²) in [6.45, 7) is 1.15. The van der Waals surface area contributed by atoms with Gasteiger partial charge in [-0.3, -0.25) is 4.68 Å². The number of aromatic nitrogens is 2. The van der Waals surface area contributed by atoms with Crippen LogP contribution in [0.15, 0.2) is 10.7 Å². The van der Waals surface area contributed by atoms with Gasteiger partial charge in [-0.1, -0.05) is 6.92 Å². The number of halogens is 4. The molecule has 4 nitrogen and oxygen atoms in total. The van der Waals surface area contributed by atoms with Crippen LogP contribution in [0, 0.1) is 0 Å². The second-order valence-electron chi connectivity index (χ2n) is 3.84. The van der Waals surface area contributed by atoms with Crippen LogP contribution in [0.5, 0.6) is 0 Å². The van der Waals surface area contributed by atoms with E-state index in [2.05, 4.69) is 25.8 Å². The van der Waals surface area contributed by atoms with E-state index in [0.717, 1.165) is 6.42 Å². The molecule has 0 bridgehead atoms. The van der Waals surface area contributed by atoms with Crippen LogP contribution in [0.3, 0.4) is 0 Å². The van der Waals surface area contributed by atoms with E-state index < -0.39 is 18.8 Å². The summed E-state index contributed by atoms with van der Waals surface area (Å²) in [5.74, 6) is 0. The van der Waals surface area contributed by atoms with Gasteiger partial charge < -0.3 is 10.5 Å². The Hall–Kier alpha value is -0.600. The summed E-state index contributed by atoms with van der Waals surface area (Å²) in [4.78, 5) is 0. The van der Waals surface area contributed by atoms with E-state index in [9.17, 15) is 13.2 Å². The molecule has 0 aliphatic rings. The largest absolute Gasteiger partial charge is 0.411 e. The summed E-state index contributed by atoms with van der Waals surface area (Å²) >= 11 is 3.28. The Bertz CT molecular complexity index is 381. The number of rotatable bonds is 6. The molecule has 1 rings (SSSR count). The first kappa shape index (κ1) is 15.5. The molecule has 1 heterocycles.